The number of carbonyl (C=O) groups is 2. The van der Waals surface area contributed by atoms with Crippen LogP contribution in [0.5, 0.6) is 0 Å². The predicted octanol–water partition coefficient (Wildman–Crippen LogP) is 1.62. The number of methoxy groups -OCH3 is 1. The number of esters is 1. The molecule has 1 amide bonds. The summed E-state index contributed by atoms with van der Waals surface area (Å²) in [6, 6.07) is 1.71. The van der Waals surface area contributed by atoms with E-state index in [1.54, 1.807) is 6.07 Å². The standard InChI is InChI=1S/C14H17N3O3S/c1-3-21-10-6-9(7-16-11(10)14(19)20-2)12(15)17-13(18)8-4-5-8/h6-8H,3-5H2,1-2H3,(H2,15,17,18). The number of nitrogens with two attached hydrogens (primary N) is 1. The highest BCUT2D eigenvalue weighted by molar-refractivity contribution is 7.99. The number of amidine groups is 1. The van der Waals surface area contributed by atoms with Crippen LogP contribution in [-0.4, -0.2) is 35.6 Å². The van der Waals surface area contributed by atoms with Crippen LogP contribution in [0.4, 0.5) is 0 Å². The van der Waals surface area contributed by atoms with Gasteiger partial charge in [0.25, 0.3) is 5.91 Å². The summed E-state index contributed by atoms with van der Waals surface area (Å²) in [6.07, 6.45) is 3.20. The molecule has 6 nitrogen and oxygen atoms in total. The fourth-order valence-corrected chi connectivity index (χ4v) is 2.50. The zero-order valence-electron chi connectivity index (χ0n) is 12.0. The summed E-state index contributed by atoms with van der Waals surface area (Å²) in [7, 11) is 1.31. The van der Waals surface area contributed by atoms with Gasteiger partial charge in [0, 0.05) is 22.6 Å². The molecule has 0 spiro atoms. The van der Waals surface area contributed by atoms with Gasteiger partial charge in [0.1, 0.15) is 5.84 Å². The van der Waals surface area contributed by atoms with Crippen LogP contribution in [0.25, 0.3) is 0 Å². The summed E-state index contributed by atoms with van der Waals surface area (Å²) >= 11 is 1.46. The molecule has 1 aliphatic rings. The average molecular weight is 307 g/mol. The van der Waals surface area contributed by atoms with Crippen molar-refractivity contribution in [3.8, 4) is 0 Å². The molecule has 0 unspecified atom stereocenters. The number of amides is 1. The van der Waals surface area contributed by atoms with E-state index in [1.165, 1.54) is 25.1 Å². The van der Waals surface area contributed by atoms with Crippen molar-refractivity contribution >= 4 is 29.5 Å². The van der Waals surface area contributed by atoms with E-state index < -0.39 is 5.97 Å². The van der Waals surface area contributed by atoms with Gasteiger partial charge in [-0.2, -0.15) is 4.99 Å². The number of hydrogen-bond acceptors (Lipinski definition) is 5. The van der Waals surface area contributed by atoms with Crippen molar-refractivity contribution in [1.82, 2.24) is 4.98 Å². The van der Waals surface area contributed by atoms with E-state index in [0.29, 0.717) is 10.5 Å². The van der Waals surface area contributed by atoms with Crippen LogP contribution in [0.3, 0.4) is 0 Å². The van der Waals surface area contributed by atoms with Crippen molar-refractivity contribution in [3.63, 3.8) is 0 Å². The Morgan fingerprint density at radius 2 is 2.24 bits per heavy atom. The summed E-state index contributed by atoms with van der Waals surface area (Å²) in [6.45, 7) is 1.96. The molecule has 1 aromatic heterocycles. The molecule has 0 radical (unpaired) electrons. The van der Waals surface area contributed by atoms with Crippen LogP contribution in [0.15, 0.2) is 22.2 Å². The van der Waals surface area contributed by atoms with E-state index in [4.69, 9.17) is 10.5 Å². The van der Waals surface area contributed by atoms with Crippen molar-refractivity contribution < 1.29 is 14.3 Å². The van der Waals surface area contributed by atoms with Crippen molar-refractivity contribution in [1.29, 1.82) is 0 Å². The smallest absolute Gasteiger partial charge is 0.357 e. The van der Waals surface area contributed by atoms with E-state index in [9.17, 15) is 9.59 Å². The van der Waals surface area contributed by atoms with Crippen LogP contribution in [0, 0.1) is 5.92 Å². The Morgan fingerprint density at radius 3 is 2.81 bits per heavy atom. The first-order chi connectivity index (χ1) is 10.1. The minimum atomic E-state index is -0.498. The first kappa shape index (κ1) is 15.5. The van der Waals surface area contributed by atoms with Gasteiger partial charge >= 0.3 is 5.97 Å². The molecule has 1 heterocycles. The lowest BCUT2D eigenvalue weighted by Crippen LogP contribution is -2.18. The molecule has 1 saturated carbocycles. The quantitative estimate of drug-likeness (QED) is 0.384. The minimum absolute atomic E-state index is 0.0235. The van der Waals surface area contributed by atoms with Crippen molar-refractivity contribution in [3.05, 3.63) is 23.5 Å². The lowest BCUT2D eigenvalue weighted by atomic mass is 10.2. The second kappa shape index (κ2) is 6.71. The molecule has 0 atom stereocenters. The van der Waals surface area contributed by atoms with Gasteiger partial charge in [-0.3, -0.25) is 4.79 Å². The van der Waals surface area contributed by atoms with Gasteiger partial charge in [0.15, 0.2) is 5.69 Å². The summed E-state index contributed by atoms with van der Waals surface area (Å²) in [4.78, 5) is 32.0. The Labute approximate surface area is 127 Å². The van der Waals surface area contributed by atoms with Gasteiger partial charge < -0.3 is 10.5 Å². The fourth-order valence-electron chi connectivity index (χ4n) is 1.70. The molecule has 0 aliphatic heterocycles. The number of rotatable bonds is 5. The van der Waals surface area contributed by atoms with Gasteiger partial charge in [-0.15, -0.1) is 11.8 Å². The summed E-state index contributed by atoms with van der Waals surface area (Å²) in [5.74, 6) is 0.244. The van der Waals surface area contributed by atoms with Crippen molar-refractivity contribution in [2.75, 3.05) is 12.9 Å². The number of aliphatic imine (C=N–C) groups is 1. The van der Waals surface area contributed by atoms with Crippen LogP contribution in [-0.2, 0) is 9.53 Å². The van der Waals surface area contributed by atoms with E-state index >= 15 is 0 Å². The van der Waals surface area contributed by atoms with Gasteiger partial charge in [-0.1, -0.05) is 6.92 Å². The molecule has 1 fully saturated rings. The topological polar surface area (TPSA) is 94.6 Å². The highest BCUT2D eigenvalue weighted by atomic mass is 32.2. The van der Waals surface area contributed by atoms with E-state index in [0.717, 1.165) is 18.6 Å². The number of carbonyl (C=O) groups excluding carboxylic acids is 2. The average Bonchev–Trinajstić information content (AvgIpc) is 3.31. The SMILES string of the molecule is CCSc1cc(C(N)=NC(=O)C2CC2)cnc1C(=O)OC. The molecule has 21 heavy (non-hydrogen) atoms. The molecule has 0 aromatic carbocycles. The van der Waals surface area contributed by atoms with Crippen LogP contribution in [0.1, 0.15) is 35.8 Å². The molecule has 1 aliphatic carbocycles. The number of ether oxygens (including phenoxy) is 1. The second-order valence-corrected chi connectivity index (χ2v) is 5.91. The predicted molar refractivity (Wildman–Crippen MR) is 80.4 cm³/mol. The normalized spacial score (nSPS) is 14.9. The Hall–Kier alpha value is -1.89. The molecule has 7 heteroatoms. The molecule has 1 aromatic rings. The monoisotopic (exact) mass is 307 g/mol. The Kier molecular flexibility index (Phi) is 4.95. The van der Waals surface area contributed by atoms with Gasteiger partial charge in [0.2, 0.25) is 0 Å². The molecular weight excluding hydrogens is 290 g/mol. The lowest BCUT2D eigenvalue weighted by molar-refractivity contribution is -0.118. The highest BCUT2D eigenvalue weighted by Crippen LogP contribution is 2.30. The van der Waals surface area contributed by atoms with Gasteiger partial charge in [0.05, 0.1) is 7.11 Å². The fraction of sp³-hybridized carbons (Fsp3) is 0.429. The third kappa shape index (κ3) is 3.81. The molecule has 2 rings (SSSR count). The molecule has 112 valence electrons. The third-order valence-corrected chi connectivity index (χ3v) is 3.90. The number of pyridine rings is 1. The number of thioether (sulfide) groups is 1. The lowest BCUT2D eigenvalue weighted by Gasteiger charge is -2.08. The summed E-state index contributed by atoms with van der Waals surface area (Å²) < 4.78 is 4.70. The zero-order valence-corrected chi connectivity index (χ0v) is 12.8. The zero-order chi connectivity index (χ0) is 15.4. The molecule has 0 bridgehead atoms. The Balaban J connectivity index is 2.29. The third-order valence-electron chi connectivity index (χ3n) is 2.98. The summed E-state index contributed by atoms with van der Waals surface area (Å²) in [5.41, 5.74) is 6.63. The Morgan fingerprint density at radius 1 is 1.52 bits per heavy atom. The molecule has 0 saturated heterocycles. The maximum atomic E-state index is 11.7. The first-order valence-electron chi connectivity index (χ1n) is 6.66. The maximum absolute atomic E-state index is 11.7. The van der Waals surface area contributed by atoms with Crippen molar-refractivity contribution in [2.45, 2.75) is 24.7 Å². The van der Waals surface area contributed by atoms with Crippen LogP contribution in [0.2, 0.25) is 0 Å². The van der Waals surface area contributed by atoms with E-state index in [2.05, 4.69) is 9.98 Å². The highest BCUT2D eigenvalue weighted by Gasteiger charge is 2.29. The molecule has 2 N–H and O–H groups in total. The van der Waals surface area contributed by atoms with Gasteiger partial charge in [-0.25, -0.2) is 9.78 Å². The van der Waals surface area contributed by atoms with Crippen molar-refractivity contribution in [2.24, 2.45) is 16.6 Å². The maximum Gasteiger partial charge on any atom is 0.357 e. The van der Waals surface area contributed by atoms with E-state index in [1.807, 2.05) is 6.92 Å². The van der Waals surface area contributed by atoms with Crippen LogP contribution < -0.4 is 5.73 Å². The van der Waals surface area contributed by atoms with Gasteiger partial charge in [-0.05, 0) is 24.7 Å². The number of hydrogen-bond donors (Lipinski definition) is 1. The second-order valence-electron chi connectivity index (χ2n) is 4.60. The first-order valence-corrected chi connectivity index (χ1v) is 7.65. The van der Waals surface area contributed by atoms with E-state index in [-0.39, 0.29) is 23.4 Å². The van der Waals surface area contributed by atoms with Crippen LogP contribution >= 0.6 is 11.8 Å². The number of nitrogens with zero attached hydrogens (tertiary/aromatic N) is 2. The summed E-state index contributed by atoms with van der Waals surface area (Å²) in [5, 5.41) is 0. The Bertz CT molecular complexity index is 597. The number of aromatic nitrogens is 1. The molecular formula is C14H17N3O3S. The largest absolute Gasteiger partial charge is 0.464 e. The minimum Gasteiger partial charge on any atom is -0.464 e.